The second-order valence-corrected chi connectivity index (χ2v) is 5.88. The van der Waals surface area contributed by atoms with Crippen LogP contribution in [0.2, 0.25) is 0 Å². The summed E-state index contributed by atoms with van der Waals surface area (Å²) in [5.74, 6) is 1.19. The molecule has 1 aliphatic rings. The van der Waals surface area contributed by atoms with Gasteiger partial charge in [0.25, 0.3) is 0 Å². The highest BCUT2D eigenvalue weighted by Crippen LogP contribution is 2.18. The van der Waals surface area contributed by atoms with E-state index in [2.05, 4.69) is 24.5 Å². The number of benzene rings is 1. The second-order valence-electron chi connectivity index (χ2n) is 5.88. The van der Waals surface area contributed by atoms with Crippen molar-refractivity contribution in [3.63, 3.8) is 0 Å². The average molecular weight is 292 g/mol. The molecule has 0 spiro atoms. The van der Waals surface area contributed by atoms with Gasteiger partial charge in [0, 0.05) is 18.7 Å². The van der Waals surface area contributed by atoms with Crippen LogP contribution in [0.4, 0.5) is 0 Å². The minimum atomic E-state index is -0.428. The molecule has 0 aliphatic carbocycles. The minimum Gasteiger partial charge on any atom is -0.493 e. The summed E-state index contributed by atoms with van der Waals surface area (Å²) in [6.07, 6.45) is 0.0413. The molecule has 2 unspecified atom stereocenters. The van der Waals surface area contributed by atoms with Gasteiger partial charge in [-0.05, 0) is 18.4 Å². The van der Waals surface area contributed by atoms with Crippen LogP contribution < -0.4 is 15.4 Å². The predicted octanol–water partition coefficient (Wildman–Crippen LogP) is 1.06. The third kappa shape index (κ3) is 4.72. The largest absolute Gasteiger partial charge is 0.493 e. The molecule has 2 rings (SSSR count). The van der Waals surface area contributed by atoms with Crippen LogP contribution in [0.1, 0.15) is 25.8 Å². The zero-order valence-electron chi connectivity index (χ0n) is 12.6. The molecule has 1 aromatic rings. The molecule has 116 valence electrons. The molecule has 1 saturated heterocycles. The zero-order chi connectivity index (χ0) is 15.2. The van der Waals surface area contributed by atoms with Crippen LogP contribution in [0.5, 0.6) is 5.75 Å². The van der Waals surface area contributed by atoms with E-state index in [4.69, 9.17) is 4.74 Å². The SMILES string of the molecule is CC(C)COc1ccccc1CNC(=O)C1CC(O)CN1. The van der Waals surface area contributed by atoms with Gasteiger partial charge in [-0.25, -0.2) is 0 Å². The van der Waals surface area contributed by atoms with E-state index in [1.165, 1.54) is 0 Å². The van der Waals surface area contributed by atoms with E-state index < -0.39 is 6.10 Å². The minimum absolute atomic E-state index is 0.0785. The third-order valence-corrected chi connectivity index (χ3v) is 3.42. The van der Waals surface area contributed by atoms with E-state index in [0.29, 0.717) is 32.0 Å². The summed E-state index contributed by atoms with van der Waals surface area (Å²) < 4.78 is 5.77. The van der Waals surface area contributed by atoms with Gasteiger partial charge in [-0.2, -0.15) is 0 Å². The predicted molar refractivity (Wildman–Crippen MR) is 81.0 cm³/mol. The maximum atomic E-state index is 12.0. The fourth-order valence-electron chi connectivity index (χ4n) is 2.27. The standard InChI is InChI=1S/C16H24N2O3/c1-11(2)10-21-15-6-4-3-5-12(15)8-18-16(20)14-7-13(19)9-17-14/h3-6,11,13-14,17,19H,7-10H2,1-2H3,(H,18,20). The van der Waals surface area contributed by atoms with Crippen LogP contribution in [0.25, 0.3) is 0 Å². The van der Waals surface area contributed by atoms with Crippen molar-refractivity contribution in [1.29, 1.82) is 0 Å². The Balaban J connectivity index is 1.89. The molecule has 1 heterocycles. The first-order valence-corrected chi connectivity index (χ1v) is 7.46. The van der Waals surface area contributed by atoms with Crippen molar-refractivity contribution in [2.24, 2.45) is 5.92 Å². The van der Waals surface area contributed by atoms with Crippen molar-refractivity contribution in [1.82, 2.24) is 10.6 Å². The van der Waals surface area contributed by atoms with Crippen molar-refractivity contribution in [2.75, 3.05) is 13.2 Å². The van der Waals surface area contributed by atoms with Gasteiger partial charge in [0.2, 0.25) is 5.91 Å². The van der Waals surface area contributed by atoms with E-state index in [9.17, 15) is 9.90 Å². The molecule has 0 saturated carbocycles. The van der Waals surface area contributed by atoms with Crippen LogP contribution in [0.3, 0.4) is 0 Å². The number of carbonyl (C=O) groups is 1. The fourth-order valence-corrected chi connectivity index (χ4v) is 2.27. The molecule has 0 aromatic heterocycles. The molecule has 1 fully saturated rings. The van der Waals surface area contributed by atoms with Crippen molar-refractivity contribution in [3.05, 3.63) is 29.8 Å². The summed E-state index contributed by atoms with van der Waals surface area (Å²) in [6, 6.07) is 7.43. The lowest BCUT2D eigenvalue weighted by atomic mass is 10.1. The number of hydrogen-bond acceptors (Lipinski definition) is 4. The van der Waals surface area contributed by atoms with E-state index in [1.807, 2.05) is 24.3 Å². The number of aliphatic hydroxyl groups is 1. The first-order chi connectivity index (χ1) is 10.1. The Kier molecular flexibility index (Phi) is 5.59. The summed E-state index contributed by atoms with van der Waals surface area (Å²) in [5, 5.41) is 15.3. The molecule has 0 bridgehead atoms. The molecular weight excluding hydrogens is 268 g/mol. The van der Waals surface area contributed by atoms with E-state index in [-0.39, 0.29) is 11.9 Å². The molecule has 2 atom stereocenters. The fraction of sp³-hybridized carbons (Fsp3) is 0.562. The number of hydrogen-bond donors (Lipinski definition) is 3. The summed E-state index contributed by atoms with van der Waals surface area (Å²) in [4.78, 5) is 12.0. The topological polar surface area (TPSA) is 70.6 Å². The third-order valence-electron chi connectivity index (χ3n) is 3.42. The summed E-state index contributed by atoms with van der Waals surface area (Å²) in [6.45, 7) is 5.76. The molecule has 5 heteroatoms. The number of β-amino-alcohol motifs (C(OH)–C–C–N with tert-alkyl or cyclic N) is 1. The molecule has 1 aromatic carbocycles. The quantitative estimate of drug-likeness (QED) is 0.733. The summed E-state index contributed by atoms with van der Waals surface area (Å²) in [7, 11) is 0. The smallest absolute Gasteiger partial charge is 0.237 e. The van der Waals surface area contributed by atoms with Gasteiger partial charge in [-0.15, -0.1) is 0 Å². The number of nitrogens with one attached hydrogen (secondary N) is 2. The van der Waals surface area contributed by atoms with Gasteiger partial charge in [0.1, 0.15) is 5.75 Å². The Hall–Kier alpha value is -1.59. The highest BCUT2D eigenvalue weighted by Gasteiger charge is 2.27. The monoisotopic (exact) mass is 292 g/mol. The number of rotatable bonds is 6. The Morgan fingerprint density at radius 2 is 2.24 bits per heavy atom. The van der Waals surface area contributed by atoms with E-state index in [0.717, 1.165) is 11.3 Å². The number of para-hydroxylation sites is 1. The Morgan fingerprint density at radius 1 is 1.48 bits per heavy atom. The van der Waals surface area contributed by atoms with Crippen LogP contribution >= 0.6 is 0 Å². The molecule has 3 N–H and O–H groups in total. The van der Waals surface area contributed by atoms with Gasteiger partial charge < -0.3 is 20.5 Å². The van der Waals surface area contributed by atoms with E-state index in [1.54, 1.807) is 0 Å². The molecule has 1 aliphatic heterocycles. The maximum Gasteiger partial charge on any atom is 0.237 e. The lowest BCUT2D eigenvalue weighted by molar-refractivity contribution is -0.123. The van der Waals surface area contributed by atoms with Crippen LogP contribution in [0, 0.1) is 5.92 Å². The van der Waals surface area contributed by atoms with E-state index >= 15 is 0 Å². The van der Waals surface area contributed by atoms with Crippen molar-refractivity contribution < 1.29 is 14.6 Å². The number of amides is 1. The lowest BCUT2D eigenvalue weighted by Crippen LogP contribution is -2.40. The highest BCUT2D eigenvalue weighted by molar-refractivity contribution is 5.82. The van der Waals surface area contributed by atoms with Crippen LogP contribution in [0.15, 0.2) is 24.3 Å². The second kappa shape index (κ2) is 7.43. The first-order valence-electron chi connectivity index (χ1n) is 7.46. The van der Waals surface area contributed by atoms with Crippen molar-refractivity contribution >= 4 is 5.91 Å². The maximum absolute atomic E-state index is 12.0. The van der Waals surface area contributed by atoms with Gasteiger partial charge in [0.05, 0.1) is 18.8 Å². The summed E-state index contributed by atoms with van der Waals surface area (Å²) >= 11 is 0. The Labute approximate surface area is 125 Å². The van der Waals surface area contributed by atoms with Crippen molar-refractivity contribution in [3.8, 4) is 5.75 Å². The van der Waals surface area contributed by atoms with Gasteiger partial charge in [0.15, 0.2) is 0 Å². The average Bonchev–Trinajstić information content (AvgIpc) is 2.90. The molecule has 0 radical (unpaired) electrons. The molecule has 5 nitrogen and oxygen atoms in total. The lowest BCUT2D eigenvalue weighted by Gasteiger charge is -2.15. The first kappa shape index (κ1) is 15.8. The Morgan fingerprint density at radius 3 is 2.90 bits per heavy atom. The summed E-state index contributed by atoms with van der Waals surface area (Å²) in [5.41, 5.74) is 0.963. The number of carbonyl (C=O) groups excluding carboxylic acids is 1. The number of aliphatic hydroxyl groups excluding tert-OH is 1. The Bertz CT molecular complexity index is 476. The molecule has 1 amide bonds. The zero-order valence-corrected chi connectivity index (χ0v) is 12.6. The highest BCUT2D eigenvalue weighted by atomic mass is 16.5. The normalized spacial score (nSPS) is 21.5. The van der Waals surface area contributed by atoms with Crippen LogP contribution in [-0.4, -0.2) is 36.3 Å². The molecule has 21 heavy (non-hydrogen) atoms. The van der Waals surface area contributed by atoms with Gasteiger partial charge in [-0.1, -0.05) is 32.0 Å². The van der Waals surface area contributed by atoms with Crippen LogP contribution in [-0.2, 0) is 11.3 Å². The number of ether oxygens (including phenoxy) is 1. The van der Waals surface area contributed by atoms with Gasteiger partial charge in [-0.3, -0.25) is 4.79 Å². The molecular formula is C16H24N2O3. The van der Waals surface area contributed by atoms with Gasteiger partial charge >= 0.3 is 0 Å². The van der Waals surface area contributed by atoms with Crippen molar-refractivity contribution in [2.45, 2.75) is 39.0 Å².